The van der Waals surface area contributed by atoms with E-state index in [2.05, 4.69) is 6.92 Å². The lowest BCUT2D eigenvalue weighted by molar-refractivity contribution is 0.157. The third-order valence-corrected chi connectivity index (χ3v) is 2.88. The number of nitrogens with two attached hydrogens (primary N) is 1. The van der Waals surface area contributed by atoms with E-state index in [9.17, 15) is 0 Å². The molecule has 1 rings (SSSR count). The van der Waals surface area contributed by atoms with E-state index < -0.39 is 0 Å². The fourth-order valence-corrected chi connectivity index (χ4v) is 1.94. The van der Waals surface area contributed by atoms with Gasteiger partial charge in [0.15, 0.2) is 0 Å². The minimum absolute atomic E-state index is 0.882. The van der Waals surface area contributed by atoms with Gasteiger partial charge in [-0.1, -0.05) is 13.3 Å². The molecule has 0 aromatic carbocycles. The molecule has 1 nitrogen and oxygen atoms in total. The van der Waals surface area contributed by atoms with Crippen LogP contribution in [-0.2, 0) is 0 Å². The SMILES string of the molecule is CCC1CCC1CCCN. The maximum absolute atomic E-state index is 5.44. The smallest absolute Gasteiger partial charge is 0.00772 e. The average Bonchev–Trinajstić information content (AvgIpc) is 1.88. The zero-order valence-corrected chi connectivity index (χ0v) is 6.97. The van der Waals surface area contributed by atoms with E-state index >= 15 is 0 Å². The number of rotatable bonds is 4. The number of hydrogen-bond donors (Lipinski definition) is 1. The second-order valence-electron chi connectivity index (χ2n) is 3.44. The summed E-state index contributed by atoms with van der Waals surface area (Å²) in [7, 11) is 0. The minimum atomic E-state index is 0.882. The van der Waals surface area contributed by atoms with Crippen molar-refractivity contribution in [2.45, 2.75) is 39.0 Å². The van der Waals surface area contributed by atoms with Crippen molar-refractivity contribution in [2.24, 2.45) is 17.6 Å². The first-order chi connectivity index (χ1) is 4.88. The molecule has 1 heteroatoms. The third kappa shape index (κ3) is 1.72. The standard InChI is InChI=1S/C9H19N/c1-2-8-5-6-9(8)4-3-7-10/h8-9H,2-7,10H2,1H3. The third-order valence-electron chi connectivity index (χ3n) is 2.88. The van der Waals surface area contributed by atoms with Crippen molar-refractivity contribution in [3.05, 3.63) is 0 Å². The summed E-state index contributed by atoms with van der Waals surface area (Å²) in [5.74, 6) is 2.08. The molecule has 10 heavy (non-hydrogen) atoms. The minimum Gasteiger partial charge on any atom is -0.330 e. The summed E-state index contributed by atoms with van der Waals surface area (Å²) in [5.41, 5.74) is 5.44. The molecule has 1 aliphatic rings. The predicted octanol–water partition coefficient (Wildman–Crippen LogP) is 2.16. The van der Waals surface area contributed by atoms with Crippen LogP contribution in [0.15, 0.2) is 0 Å². The molecule has 2 unspecified atom stereocenters. The molecule has 0 saturated heterocycles. The summed E-state index contributed by atoms with van der Waals surface area (Å²) in [5, 5.41) is 0. The zero-order valence-electron chi connectivity index (χ0n) is 6.97. The lowest BCUT2D eigenvalue weighted by atomic mass is 9.70. The molecule has 2 atom stereocenters. The van der Waals surface area contributed by atoms with Gasteiger partial charge in [0.25, 0.3) is 0 Å². The van der Waals surface area contributed by atoms with Crippen LogP contribution >= 0.6 is 0 Å². The van der Waals surface area contributed by atoms with Crippen LogP contribution < -0.4 is 5.73 Å². The molecule has 0 heterocycles. The molecule has 2 N–H and O–H groups in total. The van der Waals surface area contributed by atoms with Gasteiger partial charge < -0.3 is 5.73 Å². The Hall–Kier alpha value is -0.0400. The first-order valence-electron chi connectivity index (χ1n) is 4.58. The quantitative estimate of drug-likeness (QED) is 0.638. The molecule has 0 aromatic rings. The van der Waals surface area contributed by atoms with Crippen molar-refractivity contribution < 1.29 is 0 Å². The van der Waals surface area contributed by atoms with Crippen molar-refractivity contribution in [1.82, 2.24) is 0 Å². The monoisotopic (exact) mass is 141 g/mol. The summed E-state index contributed by atoms with van der Waals surface area (Å²) < 4.78 is 0. The Labute approximate surface area is 64.0 Å². The van der Waals surface area contributed by atoms with Crippen LogP contribution in [0.3, 0.4) is 0 Å². The Morgan fingerprint density at radius 1 is 1.30 bits per heavy atom. The van der Waals surface area contributed by atoms with E-state index in [1.165, 1.54) is 32.1 Å². The van der Waals surface area contributed by atoms with Crippen LogP contribution in [0.25, 0.3) is 0 Å². The van der Waals surface area contributed by atoms with E-state index in [0.29, 0.717) is 0 Å². The highest BCUT2D eigenvalue weighted by molar-refractivity contribution is 4.79. The largest absolute Gasteiger partial charge is 0.330 e. The van der Waals surface area contributed by atoms with Gasteiger partial charge in [0.2, 0.25) is 0 Å². The summed E-state index contributed by atoms with van der Waals surface area (Å²) in [6, 6.07) is 0. The van der Waals surface area contributed by atoms with Crippen LogP contribution in [0.4, 0.5) is 0 Å². The Kier molecular flexibility index (Phi) is 3.20. The van der Waals surface area contributed by atoms with Crippen molar-refractivity contribution in [2.75, 3.05) is 6.54 Å². The molecule has 0 aromatic heterocycles. The highest BCUT2D eigenvalue weighted by atomic mass is 14.5. The number of hydrogen-bond acceptors (Lipinski definition) is 1. The molecule has 0 radical (unpaired) electrons. The van der Waals surface area contributed by atoms with Gasteiger partial charge >= 0.3 is 0 Å². The summed E-state index contributed by atoms with van der Waals surface area (Å²) >= 11 is 0. The van der Waals surface area contributed by atoms with Gasteiger partial charge in [-0.05, 0) is 44.1 Å². The van der Waals surface area contributed by atoms with Gasteiger partial charge in [0.05, 0.1) is 0 Å². The zero-order chi connectivity index (χ0) is 7.40. The molecule has 0 bridgehead atoms. The van der Waals surface area contributed by atoms with Crippen LogP contribution in [0, 0.1) is 11.8 Å². The maximum Gasteiger partial charge on any atom is -0.00772 e. The summed E-state index contributed by atoms with van der Waals surface area (Å²) in [6.45, 7) is 3.19. The van der Waals surface area contributed by atoms with Gasteiger partial charge in [-0.2, -0.15) is 0 Å². The molecule has 1 saturated carbocycles. The van der Waals surface area contributed by atoms with Crippen molar-refractivity contribution in [3.8, 4) is 0 Å². The summed E-state index contributed by atoms with van der Waals surface area (Å²) in [6.07, 6.45) is 6.95. The van der Waals surface area contributed by atoms with Crippen molar-refractivity contribution in [3.63, 3.8) is 0 Å². The van der Waals surface area contributed by atoms with E-state index in [1.807, 2.05) is 0 Å². The fraction of sp³-hybridized carbons (Fsp3) is 1.00. The molecule has 60 valence electrons. The van der Waals surface area contributed by atoms with Crippen LogP contribution in [0.1, 0.15) is 39.0 Å². The molecular formula is C9H19N. The Morgan fingerprint density at radius 2 is 2.00 bits per heavy atom. The van der Waals surface area contributed by atoms with Gasteiger partial charge in [-0.3, -0.25) is 0 Å². The first-order valence-corrected chi connectivity index (χ1v) is 4.58. The Balaban J connectivity index is 2.05. The summed E-state index contributed by atoms with van der Waals surface area (Å²) in [4.78, 5) is 0. The maximum atomic E-state index is 5.44. The predicted molar refractivity (Wildman–Crippen MR) is 44.8 cm³/mol. The van der Waals surface area contributed by atoms with Crippen molar-refractivity contribution in [1.29, 1.82) is 0 Å². The van der Waals surface area contributed by atoms with Gasteiger partial charge in [-0.25, -0.2) is 0 Å². The van der Waals surface area contributed by atoms with Crippen LogP contribution in [-0.4, -0.2) is 6.54 Å². The molecule has 0 amide bonds. The van der Waals surface area contributed by atoms with Crippen LogP contribution in [0.2, 0.25) is 0 Å². The Bertz CT molecular complexity index is 88.7. The second-order valence-corrected chi connectivity index (χ2v) is 3.44. The Morgan fingerprint density at radius 3 is 2.40 bits per heavy atom. The lowest BCUT2D eigenvalue weighted by Crippen LogP contribution is -2.25. The van der Waals surface area contributed by atoms with Crippen molar-refractivity contribution >= 4 is 0 Å². The molecular weight excluding hydrogens is 122 g/mol. The van der Waals surface area contributed by atoms with Crippen LogP contribution in [0.5, 0.6) is 0 Å². The van der Waals surface area contributed by atoms with Gasteiger partial charge in [0, 0.05) is 0 Å². The molecule has 1 aliphatic carbocycles. The molecule has 0 aliphatic heterocycles. The van der Waals surface area contributed by atoms with E-state index in [0.717, 1.165) is 18.4 Å². The highest BCUT2D eigenvalue weighted by Gasteiger charge is 2.27. The van der Waals surface area contributed by atoms with Gasteiger partial charge in [-0.15, -0.1) is 0 Å². The van der Waals surface area contributed by atoms with E-state index in [1.54, 1.807) is 0 Å². The van der Waals surface area contributed by atoms with E-state index in [4.69, 9.17) is 5.73 Å². The first kappa shape index (κ1) is 8.06. The second kappa shape index (κ2) is 3.97. The van der Waals surface area contributed by atoms with Gasteiger partial charge in [0.1, 0.15) is 0 Å². The molecule has 0 spiro atoms. The average molecular weight is 141 g/mol. The highest BCUT2D eigenvalue weighted by Crippen LogP contribution is 2.39. The molecule has 1 fully saturated rings. The fourth-order valence-electron chi connectivity index (χ4n) is 1.94. The lowest BCUT2D eigenvalue weighted by Gasteiger charge is -2.36. The normalized spacial score (nSPS) is 31.8. The topological polar surface area (TPSA) is 26.0 Å². The van der Waals surface area contributed by atoms with E-state index in [-0.39, 0.29) is 0 Å².